The van der Waals surface area contributed by atoms with Crippen molar-refractivity contribution in [2.24, 2.45) is 0 Å². The van der Waals surface area contributed by atoms with Gasteiger partial charge in [-0.3, -0.25) is 19.5 Å². The van der Waals surface area contributed by atoms with Crippen molar-refractivity contribution in [3.05, 3.63) is 93.8 Å². The minimum atomic E-state index is -0.831. The van der Waals surface area contributed by atoms with E-state index < -0.39 is 17.7 Å². The number of aromatic nitrogens is 1. The zero-order chi connectivity index (χ0) is 23.3. The van der Waals surface area contributed by atoms with Gasteiger partial charge < -0.3 is 9.84 Å². The van der Waals surface area contributed by atoms with Gasteiger partial charge in [-0.15, -0.1) is 0 Å². The molecular weight excluding hydrogens is 440 g/mol. The summed E-state index contributed by atoms with van der Waals surface area (Å²) in [6.45, 7) is 3.80. The minimum Gasteiger partial charge on any atom is -0.507 e. The van der Waals surface area contributed by atoms with Crippen molar-refractivity contribution in [1.82, 2.24) is 4.98 Å². The Morgan fingerprint density at radius 2 is 2.00 bits per heavy atom. The molecule has 0 spiro atoms. The maximum absolute atomic E-state index is 13.3. The molecular formula is C26H21ClN2O4. The number of amides is 1. The largest absolute Gasteiger partial charge is 0.507 e. The van der Waals surface area contributed by atoms with Crippen LogP contribution in [0.15, 0.2) is 66.5 Å². The number of aryl methyl sites for hydroxylation is 1. The van der Waals surface area contributed by atoms with E-state index in [1.165, 1.54) is 4.90 Å². The Bertz CT molecular complexity index is 1320. The highest BCUT2D eigenvalue weighted by Crippen LogP contribution is 2.43. The van der Waals surface area contributed by atoms with Crippen molar-refractivity contribution < 1.29 is 19.4 Å². The number of carbonyl (C=O) groups is 2. The molecule has 0 radical (unpaired) electrons. The number of aliphatic hydroxyl groups is 1. The Hall–Kier alpha value is -3.64. The third-order valence-electron chi connectivity index (χ3n) is 6.03. The SMILES string of the molecule is Cc1cc(Cl)ccc1N1C(=O)C(=O)/C(=C(\O)c2ccc3c(c2)CC(C)O3)C1c1cccnc1. The maximum atomic E-state index is 13.3. The van der Waals surface area contributed by atoms with Gasteiger partial charge in [0.2, 0.25) is 0 Å². The van der Waals surface area contributed by atoms with Crippen LogP contribution in [0.3, 0.4) is 0 Å². The van der Waals surface area contributed by atoms with Gasteiger partial charge in [-0.2, -0.15) is 0 Å². The Kier molecular flexibility index (Phi) is 5.17. The number of rotatable bonds is 3. The van der Waals surface area contributed by atoms with Crippen LogP contribution in [0.25, 0.3) is 5.76 Å². The van der Waals surface area contributed by atoms with Crippen LogP contribution in [-0.4, -0.2) is 27.9 Å². The Balaban J connectivity index is 1.70. The molecule has 5 rings (SSSR count). The predicted octanol–water partition coefficient (Wildman–Crippen LogP) is 4.99. The van der Waals surface area contributed by atoms with E-state index in [1.54, 1.807) is 54.9 Å². The number of pyridine rings is 1. The summed E-state index contributed by atoms with van der Waals surface area (Å²) >= 11 is 6.12. The lowest BCUT2D eigenvalue weighted by Gasteiger charge is -2.26. The second-order valence-corrected chi connectivity index (χ2v) is 8.78. The van der Waals surface area contributed by atoms with Crippen LogP contribution in [0.2, 0.25) is 5.02 Å². The first-order valence-electron chi connectivity index (χ1n) is 10.6. The van der Waals surface area contributed by atoms with Crippen LogP contribution in [0.5, 0.6) is 5.75 Å². The molecule has 1 aromatic heterocycles. The van der Waals surface area contributed by atoms with Gasteiger partial charge in [0, 0.05) is 35.1 Å². The van der Waals surface area contributed by atoms with Gasteiger partial charge in [0.05, 0.1) is 11.6 Å². The van der Waals surface area contributed by atoms with Gasteiger partial charge in [0.1, 0.15) is 17.6 Å². The molecule has 1 fully saturated rings. The number of ketones is 1. The van der Waals surface area contributed by atoms with Crippen LogP contribution in [0, 0.1) is 6.92 Å². The standard InChI is InChI=1S/C26H21ClN2O4/c1-14-10-19(27)6-7-20(14)29-23(17-4-3-9-28-13-17)22(25(31)26(29)32)24(30)16-5-8-21-18(12-16)11-15(2)33-21/h3-10,12-13,15,23,30H,11H2,1-2H3/b24-22-. The smallest absolute Gasteiger partial charge is 0.300 e. The topological polar surface area (TPSA) is 79.7 Å². The lowest BCUT2D eigenvalue weighted by Crippen LogP contribution is -2.30. The fraction of sp³-hybridized carbons (Fsp3) is 0.192. The Morgan fingerprint density at radius 3 is 2.73 bits per heavy atom. The summed E-state index contributed by atoms with van der Waals surface area (Å²) in [7, 11) is 0. The van der Waals surface area contributed by atoms with Crippen molar-refractivity contribution in [2.45, 2.75) is 32.4 Å². The number of carbonyl (C=O) groups excluding carboxylic acids is 2. The van der Waals surface area contributed by atoms with E-state index in [2.05, 4.69) is 4.98 Å². The molecule has 0 bridgehead atoms. The number of hydrogen-bond acceptors (Lipinski definition) is 5. The lowest BCUT2D eigenvalue weighted by atomic mass is 9.95. The average Bonchev–Trinajstić information content (AvgIpc) is 3.30. The van der Waals surface area contributed by atoms with Crippen molar-refractivity contribution >= 4 is 34.7 Å². The molecule has 0 saturated carbocycles. The monoisotopic (exact) mass is 460 g/mol. The predicted molar refractivity (Wildman–Crippen MR) is 125 cm³/mol. The number of ether oxygens (including phenoxy) is 1. The van der Waals surface area contributed by atoms with E-state index >= 15 is 0 Å². The third kappa shape index (κ3) is 3.56. The number of fused-ring (bicyclic) bond motifs is 1. The fourth-order valence-electron chi connectivity index (χ4n) is 4.55. The molecule has 7 heteroatoms. The summed E-state index contributed by atoms with van der Waals surface area (Å²) < 4.78 is 5.75. The summed E-state index contributed by atoms with van der Waals surface area (Å²) in [5.74, 6) is -0.923. The third-order valence-corrected chi connectivity index (χ3v) is 6.27. The Labute approximate surface area is 196 Å². The zero-order valence-electron chi connectivity index (χ0n) is 18.1. The molecule has 1 amide bonds. The molecule has 166 valence electrons. The first-order chi connectivity index (χ1) is 15.8. The summed E-state index contributed by atoms with van der Waals surface area (Å²) in [6, 6.07) is 13.1. The van der Waals surface area contributed by atoms with Gasteiger partial charge in [0.25, 0.3) is 11.7 Å². The maximum Gasteiger partial charge on any atom is 0.300 e. The fourth-order valence-corrected chi connectivity index (χ4v) is 4.77. The highest BCUT2D eigenvalue weighted by molar-refractivity contribution is 6.51. The minimum absolute atomic E-state index is 0.0225. The van der Waals surface area contributed by atoms with E-state index in [9.17, 15) is 14.7 Å². The number of Topliss-reactive ketones (excluding diaryl/α,β-unsaturated/α-hetero) is 1. The van der Waals surface area contributed by atoms with Gasteiger partial charge in [-0.05, 0) is 73.0 Å². The second kappa shape index (κ2) is 8.05. The first-order valence-corrected chi connectivity index (χ1v) is 11.0. The van der Waals surface area contributed by atoms with E-state index in [0.29, 0.717) is 28.3 Å². The number of anilines is 1. The van der Waals surface area contributed by atoms with Gasteiger partial charge >= 0.3 is 0 Å². The van der Waals surface area contributed by atoms with E-state index in [-0.39, 0.29) is 17.4 Å². The van der Waals surface area contributed by atoms with Gasteiger partial charge in [-0.1, -0.05) is 17.7 Å². The average molecular weight is 461 g/mol. The lowest BCUT2D eigenvalue weighted by molar-refractivity contribution is -0.132. The molecule has 33 heavy (non-hydrogen) atoms. The molecule has 2 aliphatic heterocycles. The van der Waals surface area contributed by atoms with Crippen LogP contribution in [0.1, 0.15) is 35.2 Å². The molecule has 3 aromatic rings. The van der Waals surface area contributed by atoms with Crippen LogP contribution >= 0.6 is 11.6 Å². The van der Waals surface area contributed by atoms with Crippen LogP contribution in [-0.2, 0) is 16.0 Å². The molecule has 2 atom stereocenters. The van der Waals surface area contributed by atoms with Crippen LogP contribution in [0.4, 0.5) is 5.69 Å². The number of aliphatic hydroxyl groups excluding tert-OH is 1. The van der Waals surface area contributed by atoms with E-state index in [0.717, 1.165) is 16.9 Å². The summed E-state index contributed by atoms with van der Waals surface area (Å²) in [4.78, 5) is 32.1. The van der Waals surface area contributed by atoms with Gasteiger partial charge in [-0.25, -0.2) is 0 Å². The highest BCUT2D eigenvalue weighted by atomic mass is 35.5. The first kappa shape index (κ1) is 21.2. The number of halogens is 1. The molecule has 2 unspecified atom stereocenters. The second-order valence-electron chi connectivity index (χ2n) is 8.34. The zero-order valence-corrected chi connectivity index (χ0v) is 18.8. The summed E-state index contributed by atoms with van der Waals surface area (Å²) in [5, 5.41) is 11.8. The summed E-state index contributed by atoms with van der Waals surface area (Å²) in [6.07, 6.45) is 3.97. The Morgan fingerprint density at radius 1 is 1.18 bits per heavy atom. The van der Waals surface area contributed by atoms with Crippen molar-refractivity contribution in [1.29, 1.82) is 0 Å². The van der Waals surface area contributed by atoms with Crippen molar-refractivity contribution in [3.63, 3.8) is 0 Å². The van der Waals surface area contributed by atoms with E-state index in [4.69, 9.17) is 16.3 Å². The molecule has 0 aliphatic carbocycles. The van der Waals surface area contributed by atoms with Crippen molar-refractivity contribution in [3.8, 4) is 5.75 Å². The van der Waals surface area contributed by atoms with Crippen molar-refractivity contribution in [2.75, 3.05) is 4.90 Å². The van der Waals surface area contributed by atoms with Crippen LogP contribution < -0.4 is 9.64 Å². The molecule has 6 nitrogen and oxygen atoms in total. The number of benzene rings is 2. The molecule has 2 aliphatic rings. The normalized spacial score (nSPS) is 21.2. The van der Waals surface area contributed by atoms with E-state index in [1.807, 2.05) is 19.9 Å². The molecule has 1 saturated heterocycles. The molecule has 3 heterocycles. The van der Waals surface area contributed by atoms with Gasteiger partial charge in [0.15, 0.2) is 0 Å². The summed E-state index contributed by atoms with van der Waals surface area (Å²) in [5.41, 5.74) is 3.34. The highest BCUT2D eigenvalue weighted by Gasteiger charge is 2.47. The quantitative estimate of drug-likeness (QED) is 0.338. The molecule has 2 aromatic carbocycles. The number of nitrogens with zero attached hydrogens (tertiary/aromatic N) is 2. The molecule has 1 N–H and O–H groups in total. The number of hydrogen-bond donors (Lipinski definition) is 1.